The fraction of sp³-hybridized carbons (Fsp3) is 0.250. The lowest BCUT2D eigenvalue weighted by Crippen LogP contribution is -2.10. The smallest absolute Gasteiger partial charge is 0.303 e. The van der Waals surface area contributed by atoms with Crippen molar-refractivity contribution in [2.45, 2.75) is 19.8 Å². The minimum atomic E-state index is -0.863. The van der Waals surface area contributed by atoms with E-state index >= 15 is 0 Å². The first-order valence-corrected chi connectivity index (χ1v) is 6.30. The van der Waals surface area contributed by atoms with Crippen LogP contribution in [0.3, 0.4) is 0 Å². The molecular formula is C16H16O3. The molecule has 2 aromatic rings. The van der Waals surface area contributed by atoms with Gasteiger partial charge in [-0.1, -0.05) is 49.4 Å². The number of hydrogen-bond donors (Lipinski definition) is 1. The summed E-state index contributed by atoms with van der Waals surface area (Å²) in [5.74, 6) is -1.01. The largest absolute Gasteiger partial charge is 0.481 e. The second-order valence-corrected chi connectivity index (χ2v) is 4.86. The van der Waals surface area contributed by atoms with Gasteiger partial charge in [0, 0.05) is 18.4 Å². The first-order chi connectivity index (χ1) is 9.08. The molecule has 0 aliphatic rings. The Morgan fingerprint density at radius 1 is 1.05 bits per heavy atom. The quantitative estimate of drug-likeness (QED) is 0.833. The van der Waals surface area contributed by atoms with Crippen molar-refractivity contribution >= 4 is 22.5 Å². The maximum Gasteiger partial charge on any atom is 0.303 e. The molecule has 0 radical (unpaired) electrons. The molecule has 0 fully saturated rings. The molecule has 2 aromatic carbocycles. The van der Waals surface area contributed by atoms with Crippen LogP contribution in [0.1, 0.15) is 30.1 Å². The summed E-state index contributed by atoms with van der Waals surface area (Å²) in [4.78, 5) is 22.9. The number of carboxylic acid groups (broad SMARTS) is 1. The van der Waals surface area contributed by atoms with Crippen LogP contribution in [0.4, 0.5) is 0 Å². The minimum Gasteiger partial charge on any atom is -0.481 e. The van der Waals surface area contributed by atoms with E-state index in [1.54, 1.807) is 13.0 Å². The maximum absolute atomic E-state index is 12.3. The van der Waals surface area contributed by atoms with Gasteiger partial charge in [0.2, 0.25) is 0 Å². The lowest BCUT2D eigenvalue weighted by molar-refractivity contribution is -0.137. The third-order valence-electron chi connectivity index (χ3n) is 3.15. The molecule has 2 rings (SSSR count). The second-order valence-electron chi connectivity index (χ2n) is 4.86. The predicted octanol–water partition coefficient (Wildman–Crippen LogP) is 3.52. The van der Waals surface area contributed by atoms with Crippen LogP contribution in [-0.2, 0) is 4.79 Å². The van der Waals surface area contributed by atoms with Crippen molar-refractivity contribution in [3.63, 3.8) is 0 Å². The summed E-state index contributed by atoms with van der Waals surface area (Å²) in [7, 11) is 0. The van der Waals surface area contributed by atoms with E-state index in [1.807, 2.05) is 36.4 Å². The zero-order valence-electron chi connectivity index (χ0n) is 10.8. The number of rotatable bonds is 5. The Bertz CT molecular complexity index is 611. The summed E-state index contributed by atoms with van der Waals surface area (Å²) < 4.78 is 0. The van der Waals surface area contributed by atoms with Gasteiger partial charge in [-0.2, -0.15) is 0 Å². The van der Waals surface area contributed by atoms with Crippen molar-refractivity contribution in [1.29, 1.82) is 0 Å². The molecule has 98 valence electrons. The van der Waals surface area contributed by atoms with Crippen LogP contribution < -0.4 is 0 Å². The first kappa shape index (κ1) is 13.3. The van der Waals surface area contributed by atoms with Crippen LogP contribution in [0, 0.1) is 5.92 Å². The van der Waals surface area contributed by atoms with Crippen LogP contribution in [-0.4, -0.2) is 16.9 Å². The van der Waals surface area contributed by atoms with E-state index in [0.717, 1.165) is 10.8 Å². The highest BCUT2D eigenvalue weighted by Gasteiger charge is 2.15. The number of Topliss-reactive ketones (excluding diaryl/α,β-unsaturated/α-hetero) is 1. The summed E-state index contributed by atoms with van der Waals surface area (Å²) in [6, 6.07) is 13.4. The monoisotopic (exact) mass is 256 g/mol. The predicted molar refractivity (Wildman–Crippen MR) is 74.3 cm³/mol. The van der Waals surface area contributed by atoms with E-state index in [-0.39, 0.29) is 24.5 Å². The topological polar surface area (TPSA) is 54.4 Å². The number of ketones is 1. The molecule has 3 heteroatoms. The van der Waals surface area contributed by atoms with E-state index in [2.05, 4.69) is 0 Å². The molecule has 0 saturated heterocycles. The zero-order chi connectivity index (χ0) is 13.8. The highest BCUT2D eigenvalue weighted by molar-refractivity contribution is 6.08. The maximum atomic E-state index is 12.3. The number of aliphatic carboxylic acids is 1. The lowest BCUT2D eigenvalue weighted by atomic mass is 9.94. The van der Waals surface area contributed by atoms with Gasteiger partial charge in [-0.25, -0.2) is 0 Å². The third-order valence-corrected chi connectivity index (χ3v) is 3.15. The molecule has 1 N–H and O–H groups in total. The number of carbonyl (C=O) groups excluding carboxylic acids is 1. The van der Waals surface area contributed by atoms with Crippen molar-refractivity contribution in [3.05, 3.63) is 48.0 Å². The van der Waals surface area contributed by atoms with Gasteiger partial charge in [-0.05, 0) is 16.7 Å². The molecule has 0 spiro atoms. The van der Waals surface area contributed by atoms with Crippen LogP contribution >= 0.6 is 0 Å². The molecule has 1 atom stereocenters. The van der Waals surface area contributed by atoms with Crippen molar-refractivity contribution in [2.24, 2.45) is 5.92 Å². The Kier molecular flexibility index (Phi) is 3.95. The molecule has 0 unspecified atom stereocenters. The Hall–Kier alpha value is -2.16. The van der Waals surface area contributed by atoms with E-state index in [0.29, 0.717) is 5.56 Å². The van der Waals surface area contributed by atoms with Gasteiger partial charge in [-0.3, -0.25) is 9.59 Å². The fourth-order valence-corrected chi connectivity index (χ4v) is 2.27. The number of hydrogen-bond acceptors (Lipinski definition) is 2. The van der Waals surface area contributed by atoms with Crippen LogP contribution in [0.25, 0.3) is 10.8 Å². The van der Waals surface area contributed by atoms with E-state index in [1.165, 1.54) is 0 Å². The van der Waals surface area contributed by atoms with Crippen LogP contribution in [0.15, 0.2) is 42.5 Å². The zero-order valence-corrected chi connectivity index (χ0v) is 10.8. The number of benzene rings is 2. The summed E-state index contributed by atoms with van der Waals surface area (Å²) in [5.41, 5.74) is 0.676. The SMILES string of the molecule is C[C@@H](CC(=O)O)CC(=O)c1cccc2ccccc12. The first-order valence-electron chi connectivity index (χ1n) is 6.30. The van der Waals surface area contributed by atoms with E-state index < -0.39 is 5.97 Å². The van der Waals surface area contributed by atoms with Crippen molar-refractivity contribution in [1.82, 2.24) is 0 Å². The molecule has 19 heavy (non-hydrogen) atoms. The fourth-order valence-electron chi connectivity index (χ4n) is 2.27. The van der Waals surface area contributed by atoms with Crippen LogP contribution in [0.5, 0.6) is 0 Å². The highest BCUT2D eigenvalue weighted by Crippen LogP contribution is 2.21. The minimum absolute atomic E-state index is 0.00514. The third kappa shape index (κ3) is 3.19. The molecule has 0 aromatic heterocycles. The Morgan fingerprint density at radius 3 is 2.47 bits per heavy atom. The van der Waals surface area contributed by atoms with Gasteiger partial charge in [0.25, 0.3) is 0 Å². The number of carbonyl (C=O) groups is 2. The van der Waals surface area contributed by atoms with Crippen LogP contribution in [0.2, 0.25) is 0 Å². The highest BCUT2D eigenvalue weighted by atomic mass is 16.4. The molecule has 3 nitrogen and oxygen atoms in total. The van der Waals surface area contributed by atoms with Gasteiger partial charge in [0.15, 0.2) is 5.78 Å². The van der Waals surface area contributed by atoms with Gasteiger partial charge < -0.3 is 5.11 Å². The Morgan fingerprint density at radius 2 is 1.74 bits per heavy atom. The van der Waals surface area contributed by atoms with Crippen molar-refractivity contribution in [3.8, 4) is 0 Å². The average Bonchev–Trinajstić information content (AvgIpc) is 2.36. The molecule has 0 saturated carbocycles. The van der Waals surface area contributed by atoms with Crippen molar-refractivity contribution < 1.29 is 14.7 Å². The standard InChI is InChI=1S/C16H16O3/c1-11(10-16(18)19)9-15(17)14-8-4-6-12-5-2-3-7-13(12)14/h2-8,11H,9-10H2,1H3,(H,18,19)/t11-/m1/s1. The summed E-state index contributed by atoms with van der Waals surface area (Å²) in [5, 5.41) is 10.7. The van der Waals surface area contributed by atoms with E-state index in [4.69, 9.17) is 5.11 Å². The number of carboxylic acids is 1. The lowest BCUT2D eigenvalue weighted by Gasteiger charge is -2.09. The second kappa shape index (κ2) is 5.65. The Balaban J connectivity index is 2.24. The molecule has 0 bridgehead atoms. The molecule has 0 heterocycles. The summed E-state index contributed by atoms with van der Waals surface area (Å²) >= 11 is 0. The summed E-state index contributed by atoms with van der Waals surface area (Å²) in [6.45, 7) is 1.79. The van der Waals surface area contributed by atoms with Gasteiger partial charge >= 0.3 is 5.97 Å². The van der Waals surface area contributed by atoms with Crippen molar-refractivity contribution in [2.75, 3.05) is 0 Å². The molecular weight excluding hydrogens is 240 g/mol. The normalized spacial score (nSPS) is 12.3. The molecule has 0 aliphatic carbocycles. The average molecular weight is 256 g/mol. The number of fused-ring (bicyclic) bond motifs is 1. The molecule has 0 amide bonds. The van der Waals surface area contributed by atoms with E-state index in [9.17, 15) is 9.59 Å². The molecule has 0 aliphatic heterocycles. The van der Waals surface area contributed by atoms with Gasteiger partial charge in [0.1, 0.15) is 0 Å². The Labute approximate surface area is 111 Å². The summed E-state index contributed by atoms with van der Waals surface area (Å²) in [6.07, 6.45) is 0.289. The van der Waals surface area contributed by atoms with Gasteiger partial charge in [0.05, 0.1) is 0 Å². The van der Waals surface area contributed by atoms with Gasteiger partial charge in [-0.15, -0.1) is 0 Å².